The van der Waals surface area contributed by atoms with Gasteiger partial charge < -0.3 is 14.7 Å². The summed E-state index contributed by atoms with van der Waals surface area (Å²) in [5.41, 5.74) is 3.27. The first kappa shape index (κ1) is 25.5. The average molecular weight is 520 g/mol. The number of hydrogen-bond donors (Lipinski definition) is 1. The number of carbonyl (C=O) groups is 2. The van der Waals surface area contributed by atoms with E-state index < -0.39 is 0 Å². The number of ether oxygens (including phenoxy) is 1. The van der Waals surface area contributed by atoms with Crippen molar-refractivity contribution < 1.29 is 19.4 Å². The van der Waals surface area contributed by atoms with Crippen LogP contribution in [0.1, 0.15) is 56.7 Å². The lowest BCUT2D eigenvalue weighted by molar-refractivity contribution is -0.123. The molecule has 1 saturated heterocycles. The van der Waals surface area contributed by atoms with Crippen molar-refractivity contribution in [2.24, 2.45) is 5.92 Å². The first-order valence-corrected chi connectivity index (χ1v) is 13.9. The number of allylic oxidation sites excluding steroid dienone is 2. The van der Waals surface area contributed by atoms with E-state index in [-0.39, 0.29) is 23.2 Å². The van der Waals surface area contributed by atoms with Crippen molar-refractivity contribution in [3.05, 3.63) is 41.3 Å². The van der Waals surface area contributed by atoms with Gasteiger partial charge in [-0.05, 0) is 62.8 Å². The summed E-state index contributed by atoms with van der Waals surface area (Å²) in [7, 11) is 0. The number of carbonyl (C=O) groups excluding carboxylic acids is 2. The number of hydrogen-bond acceptors (Lipinski definition) is 8. The summed E-state index contributed by atoms with van der Waals surface area (Å²) in [5.74, 6) is 2.34. The summed E-state index contributed by atoms with van der Waals surface area (Å²) in [6.07, 6.45) is 9.14. The third-order valence-electron chi connectivity index (χ3n) is 7.20. The maximum Gasteiger partial charge on any atom is 0.162 e. The second kappa shape index (κ2) is 11.5. The summed E-state index contributed by atoms with van der Waals surface area (Å²) >= 11 is 1.81. The zero-order valence-electron chi connectivity index (χ0n) is 21.2. The Morgan fingerprint density at radius 3 is 2.62 bits per heavy atom. The fourth-order valence-corrected chi connectivity index (χ4v) is 6.24. The van der Waals surface area contributed by atoms with E-state index in [0.717, 1.165) is 60.7 Å². The van der Waals surface area contributed by atoms with Crippen LogP contribution < -0.4 is 4.90 Å². The molecule has 3 aromatic rings. The van der Waals surface area contributed by atoms with E-state index >= 15 is 0 Å². The number of aromatic nitrogens is 2. The molecule has 194 valence electrons. The Hall–Kier alpha value is -3.10. The zero-order chi connectivity index (χ0) is 25.8. The molecular weight excluding hydrogens is 486 g/mol. The van der Waals surface area contributed by atoms with Crippen LogP contribution in [0.3, 0.4) is 0 Å². The van der Waals surface area contributed by atoms with Gasteiger partial charge in [-0.25, -0.2) is 9.97 Å². The smallest absolute Gasteiger partial charge is 0.162 e. The highest BCUT2D eigenvalue weighted by Crippen LogP contribution is 2.39. The first-order chi connectivity index (χ1) is 18.0. The minimum Gasteiger partial charge on any atom is -0.508 e. The van der Waals surface area contributed by atoms with Crippen molar-refractivity contribution in [2.45, 2.75) is 51.9 Å². The van der Waals surface area contributed by atoms with Crippen molar-refractivity contribution in [1.82, 2.24) is 9.97 Å². The standard InChI is InChI=1S/C22H23N3O2S.C7H10O2/c26-17-8-4-7-16(13-17)21-23-18-14-19(15-5-2-1-3-6-15)28-20(18)22(24-21)25-9-11-27-12-10-25;1-5(8)6-2-3-7(9)4-6/h4-5,7-8,13-14,26H,1-3,6,9-12H2;6H,2-4H2,1H3/t;6-/m.0/s1. The topological polar surface area (TPSA) is 92.6 Å². The van der Waals surface area contributed by atoms with E-state index in [1.54, 1.807) is 30.4 Å². The number of rotatable bonds is 4. The van der Waals surface area contributed by atoms with Gasteiger partial charge in [0, 0.05) is 42.3 Å². The molecule has 1 atom stereocenters. The molecule has 0 radical (unpaired) electrons. The Morgan fingerprint density at radius 1 is 1.14 bits per heavy atom. The summed E-state index contributed by atoms with van der Waals surface area (Å²) in [4.78, 5) is 34.7. The van der Waals surface area contributed by atoms with Gasteiger partial charge in [-0.15, -0.1) is 11.3 Å². The van der Waals surface area contributed by atoms with Crippen molar-refractivity contribution in [3.63, 3.8) is 0 Å². The average Bonchev–Trinajstić information content (AvgIpc) is 3.56. The highest BCUT2D eigenvalue weighted by atomic mass is 32.1. The number of benzene rings is 1. The zero-order valence-corrected chi connectivity index (χ0v) is 22.1. The molecule has 2 fully saturated rings. The Balaban J connectivity index is 0.000000265. The van der Waals surface area contributed by atoms with E-state index in [2.05, 4.69) is 17.0 Å². The number of Topliss-reactive ketones (excluding diaryl/α,β-unsaturated/α-hetero) is 2. The van der Waals surface area contributed by atoms with Gasteiger partial charge in [-0.1, -0.05) is 18.2 Å². The van der Waals surface area contributed by atoms with Gasteiger partial charge in [0.2, 0.25) is 0 Å². The van der Waals surface area contributed by atoms with Crippen molar-refractivity contribution in [2.75, 3.05) is 31.2 Å². The molecule has 1 aliphatic heterocycles. The maximum atomic E-state index is 10.6. The van der Waals surface area contributed by atoms with Crippen LogP contribution in [-0.4, -0.2) is 52.9 Å². The van der Waals surface area contributed by atoms with Gasteiger partial charge in [0.1, 0.15) is 17.3 Å². The molecule has 8 heteroatoms. The molecule has 2 aromatic heterocycles. The van der Waals surface area contributed by atoms with Crippen LogP contribution in [0, 0.1) is 5.92 Å². The second-order valence-corrected chi connectivity index (χ2v) is 11.0. The van der Waals surface area contributed by atoms with E-state index in [1.807, 2.05) is 12.1 Å². The Kier molecular flexibility index (Phi) is 7.96. The van der Waals surface area contributed by atoms with Gasteiger partial charge in [0.05, 0.1) is 23.4 Å². The SMILES string of the molecule is CC(=O)[C@H]1CCC(=O)C1.Oc1cccc(-c2nc(N3CCOCC3)c3sc(C4=CCCCC4)cc3n2)c1. The third-order valence-corrected chi connectivity index (χ3v) is 8.39. The van der Waals surface area contributed by atoms with Crippen LogP contribution in [0.25, 0.3) is 27.2 Å². The van der Waals surface area contributed by atoms with Crippen molar-refractivity contribution >= 4 is 44.5 Å². The molecule has 0 spiro atoms. The number of aromatic hydroxyl groups is 1. The summed E-state index contributed by atoms with van der Waals surface area (Å²) < 4.78 is 6.69. The van der Waals surface area contributed by atoms with E-state index in [4.69, 9.17) is 14.7 Å². The Bertz CT molecular complexity index is 1330. The molecule has 0 amide bonds. The van der Waals surface area contributed by atoms with Crippen LogP contribution in [0.4, 0.5) is 5.82 Å². The number of fused-ring (bicyclic) bond motifs is 1. The van der Waals surface area contributed by atoms with Gasteiger partial charge in [0.15, 0.2) is 11.6 Å². The maximum absolute atomic E-state index is 10.6. The summed E-state index contributed by atoms with van der Waals surface area (Å²) in [6, 6.07) is 9.39. The molecule has 3 aliphatic rings. The third kappa shape index (κ3) is 6.08. The molecule has 1 N–H and O–H groups in total. The van der Waals surface area contributed by atoms with E-state index in [1.165, 1.54) is 29.7 Å². The highest BCUT2D eigenvalue weighted by Gasteiger charge is 2.25. The first-order valence-electron chi connectivity index (χ1n) is 13.1. The lowest BCUT2D eigenvalue weighted by Gasteiger charge is -2.28. The van der Waals surface area contributed by atoms with Crippen LogP contribution in [0.2, 0.25) is 0 Å². The fourth-order valence-electron chi connectivity index (χ4n) is 5.06. The molecule has 6 rings (SSSR count). The Morgan fingerprint density at radius 2 is 1.97 bits per heavy atom. The molecule has 7 nitrogen and oxygen atoms in total. The molecule has 1 aromatic carbocycles. The van der Waals surface area contributed by atoms with Gasteiger partial charge >= 0.3 is 0 Å². The lowest BCUT2D eigenvalue weighted by atomic mass is 9.98. The normalized spacial score (nSPS) is 19.9. The predicted octanol–water partition coefficient (Wildman–Crippen LogP) is 5.80. The molecule has 0 unspecified atom stereocenters. The van der Waals surface area contributed by atoms with E-state index in [0.29, 0.717) is 18.7 Å². The van der Waals surface area contributed by atoms with Crippen LogP contribution >= 0.6 is 11.3 Å². The largest absolute Gasteiger partial charge is 0.508 e. The quantitative estimate of drug-likeness (QED) is 0.465. The highest BCUT2D eigenvalue weighted by molar-refractivity contribution is 7.20. The monoisotopic (exact) mass is 519 g/mol. The molecule has 0 bridgehead atoms. The van der Waals surface area contributed by atoms with Gasteiger partial charge in [0.25, 0.3) is 0 Å². The molecule has 2 aliphatic carbocycles. The fraction of sp³-hybridized carbons (Fsp3) is 0.448. The number of ketones is 2. The molecular formula is C29H33N3O4S. The number of thiophene rings is 1. The summed E-state index contributed by atoms with van der Waals surface area (Å²) in [5, 5.41) is 9.89. The van der Waals surface area contributed by atoms with Gasteiger partial charge in [-0.2, -0.15) is 0 Å². The van der Waals surface area contributed by atoms with Crippen molar-refractivity contribution in [3.8, 4) is 17.1 Å². The lowest BCUT2D eigenvalue weighted by Crippen LogP contribution is -2.36. The van der Waals surface area contributed by atoms with Gasteiger partial charge in [-0.3, -0.25) is 9.59 Å². The molecule has 3 heterocycles. The molecule has 37 heavy (non-hydrogen) atoms. The van der Waals surface area contributed by atoms with Crippen LogP contribution in [0.15, 0.2) is 36.4 Å². The number of morpholine rings is 1. The second-order valence-electron chi connectivity index (χ2n) is 9.91. The minimum absolute atomic E-state index is 0.0532. The number of phenols is 1. The van der Waals surface area contributed by atoms with E-state index in [9.17, 15) is 14.7 Å². The minimum atomic E-state index is 0.0532. The van der Waals surface area contributed by atoms with Crippen LogP contribution in [0.5, 0.6) is 5.75 Å². The van der Waals surface area contributed by atoms with Crippen molar-refractivity contribution in [1.29, 1.82) is 0 Å². The predicted molar refractivity (Wildman–Crippen MR) is 147 cm³/mol. The number of nitrogens with zero attached hydrogens (tertiary/aromatic N) is 3. The van der Waals surface area contributed by atoms with Crippen LogP contribution in [-0.2, 0) is 14.3 Å². The Labute approximate surface area is 221 Å². The molecule has 1 saturated carbocycles. The summed E-state index contributed by atoms with van der Waals surface area (Å²) in [6.45, 7) is 4.67. The number of phenolic OH excluding ortho intramolecular Hbond substituents is 1. The number of anilines is 1.